The number of hydrogen-bond donors (Lipinski definition) is 0. The zero-order valence-electron chi connectivity index (χ0n) is 15.8. The van der Waals surface area contributed by atoms with Crippen LogP contribution in [0.4, 0.5) is 5.69 Å². The maximum Gasteiger partial charge on any atom is 0.315 e. The molecular formula is C23H23NO4. The molecule has 2 aliphatic rings. The van der Waals surface area contributed by atoms with Crippen molar-refractivity contribution in [3.63, 3.8) is 0 Å². The summed E-state index contributed by atoms with van der Waals surface area (Å²) in [5.41, 5.74) is 1.43. The summed E-state index contributed by atoms with van der Waals surface area (Å²) in [5, 5.41) is 0. The van der Waals surface area contributed by atoms with Crippen molar-refractivity contribution in [1.82, 2.24) is 0 Å². The molecule has 1 saturated heterocycles. The van der Waals surface area contributed by atoms with Crippen LogP contribution in [0.5, 0.6) is 5.75 Å². The lowest BCUT2D eigenvalue weighted by atomic mass is 9.76. The van der Waals surface area contributed by atoms with Gasteiger partial charge in [0.2, 0.25) is 11.8 Å². The summed E-state index contributed by atoms with van der Waals surface area (Å²) in [6.07, 6.45) is 2.74. The number of fused-ring (bicyclic) bond motifs is 1. The minimum absolute atomic E-state index is 0.101. The van der Waals surface area contributed by atoms with Gasteiger partial charge in [-0.1, -0.05) is 37.3 Å². The van der Waals surface area contributed by atoms with Crippen molar-refractivity contribution in [2.45, 2.75) is 32.6 Å². The summed E-state index contributed by atoms with van der Waals surface area (Å²) >= 11 is 0. The normalized spacial score (nSPS) is 24.2. The van der Waals surface area contributed by atoms with Crippen molar-refractivity contribution in [3.8, 4) is 5.75 Å². The molecule has 144 valence electrons. The molecule has 0 bridgehead atoms. The highest BCUT2D eigenvalue weighted by Gasteiger charge is 2.49. The van der Waals surface area contributed by atoms with Crippen molar-refractivity contribution in [3.05, 3.63) is 60.2 Å². The first kappa shape index (κ1) is 18.4. The fourth-order valence-electron chi connectivity index (χ4n) is 4.24. The van der Waals surface area contributed by atoms with Crippen molar-refractivity contribution < 1.29 is 19.1 Å². The van der Waals surface area contributed by atoms with Crippen LogP contribution in [-0.2, 0) is 20.8 Å². The van der Waals surface area contributed by atoms with Crippen LogP contribution >= 0.6 is 0 Å². The van der Waals surface area contributed by atoms with Crippen molar-refractivity contribution >= 4 is 23.5 Å². The van der Waals surface area contributed by atoms with E-state index >= 15 is 0 Å². The number of carbonyl (C=O) groups excluding carboxylic acids is 3. The SMILES string of the molecule is C[C@@H]1CC[C@H]2C(=O)N(c3ccc(OC(=O)Cc4ccccc4)cc3)C(=O)[C@H]2C1. The van der Waals surface area contributed by atoms with E-state index in [1.165, 1.54) is 4.90 Å². The van der Waals surface area contributed by atoms with Gasteiger partial charge in [-0.2, -0.15) is 0 Å². The maximum atomic E-state index is 12.8. The maximum absolute atomic E-state index is 12.8. The van der Waals surface area contributed by atoms with E-state index < -0.39 is 0 Å². The molecule has 1 heterocycles. The van der Waals surface area contributed by atoms with E-state index in [1.807, 2.05) is 30.3 Å². The Labute approximate surface area is 164 Å². The predicted octanol–water partition coefficient (Wildman–Crippen LogP) is 3.76. The Morgan fingerprint density at radius 2 is 1.64 bits per heavy atom. The van der Waals surface area contributed by atoms with Crippen LogP contribution in [0, 0.1) is 17.8 Å². The average molecular weight is 377 g/mol. The third kappa shape index (κ3) is 3.57. The van der Waals surface area contributed by atoms with Gasteiger partial charge < -0.3 is 4.74 Å². The largest absolute Gasteiger partial charge is 0.426 e. The monoisotopic (exact) mass is 377 g/mol. The first-order chi connectivity index (χ1) is 13.5. The number of amides is 2. The van der Waals surface area contributed by atoms with Crippen molar-refractivity contribution in [2.75, 3.05) is 4.90 Å². The Morgan fingerprint density at radius 1 is 0.964 bits per heavy atom. The summed E-state index contributed by atoms with van der Waals surface area (Å²) < 4.78 is 5.37. The van der Waals surface area contributed by atoms with Gasteiger partial charge in [0.05, 0.1) is 23.9 Å². The molecule has 2 aromatic rings. The van der Waals surface area contributed by atoms with Crippen LogP contribution in [-0.4, -0.2) is 17.8 Å². The Bertz CT molecular complexity index is 891. The fraction of sp³-hybridized carbons (Fsp3) is 0.348. The molecule has 2 amide bonds. The number of benzene rings is 2. The number of anilines is 1. The highest BCUT2D eigenvalue weighted by molar-refractivity contribution is 6.22. The molecule has 5 heteroatoms. The second-order valence-corrected chi connectivity index (χ2v) is 7.77. The highest BCUT2D eigenvalue weighted by atomic mass is 16.5. The van der Waals surface area contributed by atoms with Gasteiger partial charge >= 0.3 is 5.97 Å². The van der Waals surface area contributed by atoms with Gasteiger partial charge in [0.15, 0.2) is 0 Å². The summed E-state index contributed by atoms with van der Waals surface area (Å²) in [4.78, 5) is 38.9. The van der Waals surface area contributed by atoms with Gasteiger partial charge in [0, 0.05) is 0 Å². The summed E-state index contributed by atoms with van der Waals surface area (Å²) in [5.74, 6) is -0.0655. The van der Waals surface area contributed by atoms with E-state index in [2.05, 4.69) is 6.92 Å². The molecule has 0 spiro atoms. The van der Waals surface area contributed by atoms with Gasteiger partial charge in [0.1, 0.15) is 5.75 Å². The van der Waals surface area contributed by atoms with E-state index in [4.69, 9.17) is 4.74 Å². The number of nitrogens with zero attached hydrogens (tertiary/aromatic N) is 1. The molecule has 0 unspecified atom stereocenters. The fourth-order valence-corrected chi connectivity index (χ4v) is 4.24. The Kier molecular flexibility index (Phi) is 4.99. The Hall–Kier alpha value is -2.95. The van der Waals surface area contributed by atoms with Gasteiger partial charge in [-0.3, -0.25) is 19.3 Å². The zero-order chi connectivity index (χ0) is 19.7. The van der Waals surface area contributed by atoms with E-state index in [1.54, 1.807) is 24.3 Å². The number of rotatable bonds is 4. The molecule has 0 radical (unpaired) electrons. The summed E-state index contributed by atoms with van der Waals surface area (Å²) in [6.45, 7) is 2.13. The Morgan fingerprint density at radius 3 is 2.36 bits per heavy atom. The quantitative estimate of drug-likeness (QED) is 0.462. The molecule has 1 aliphatic heterocycles. The second kappa shape index (κ2) is 7.58. The molecule has 1 saturated carbocycles. The highest BCUT2D eigenvalue weighted by Crippen LogP contribution is 2.42. The molecule has 1 aliphatic carbocycles. The number of hydrogen-bond acceptors (Lipinski definition) is 4. The number of esters is 1. The molecule has 2 fully saturated rings. The van der Waals surface area contributed by atoms with E-state index in [0.29, 0.717) is 17.4 Å². The molecule has 0 N–H and O–H groups in total. The van der Waals surface area contributed by atoms with Crippen LogP contribution in [0.1, 0.15) is 31.7 Å². The molecule has 4 rings (SSSR count). The van der Waals surface area contributed by atoms with Gasteiger partial charge in [-0.05, 0) is 55.0 Å². The van der Waals surface area contributed by atoms with Crippen LogP contribution in [0.2, 0.25) is 0 Å². The van der Waals surface area contributed by atoms with E-state index in [9.17, 15) is 14.4 Å². The van der Waals surface area contributed by atoms with Crippen LogP contribution in [0.3, 0.4) is 0 Å². The van der Waals surface area contributed by atoms with Gasteiger partial charge in [-0.15, -0.1) is 0 Å². The van der Waals surface area contributed by atoms with Gasteiger partial charge in [0.25, 0.3) is 0 Å². The summed E-state index contributed by atoms with van der Waals surface area (Å²) in [7, 11) is 0. The number of imide groups is 1. The third-order valence-corrected chi connectivity index (χ3v) is 5.71. The molecule has 28 heavy (non-hydrogen) atoms. The molecule has 2 aromatic carbocycles. The molecule has 0 aromatic heterocycles. The summed E-state index contributed by atoms with van der Waals surface area (Å²) in [6, 6.07) is 16.0. The predicted molar refractivity (Wildman–Crippen MR) is 105 cm³/mol. The molecular weight excluding hydrogens is 354 g/mol. The topological polar surface area (TPSA) is 63.7 Å². The van der Waals surface area contributed by atoms with Crippen molar-refractivity contribution in [1.29, 1.82) is 0 Å². The lowest BCUT2D eigenvalue weighted by Crippen LogP contribution is -2.30. The van der Waals surface area contributed by atoms with E-state index in [0.717, 1.165) is 24.8 Å². The van der Waals surface area contributed by atoms with E-state index in [-0.39, 0.29) is 36.0 Å². The third-order valence-electron chi connectivity index (χ3n) is 5.71. The van der Waals surface area contributed by atoms with Crippen LogP contribution in [0.15, 0.2) is 54.6 Å². The first-order valence-corrected chi connectivity index (χ1v) is 9.75. The molecule has 3 atom stereocenters. The minimum Gasteiger partial charge on any atom is -0.426 e. The van der Waals surface area contributed by atoms with Crippen LogP contribution in [0.25, 0.3) is 0 Å². The van der Waals surface area contributed by atoms with Gasteiger partial charge in [-0.25, -0.2) is 0 Å². The lowest BCUT2D eigenvalue weighted by Gasteiger charge is -2.25. The number of carbonyl (C=O) groups is 3. The first-order valence-electron chi connectivity index (χ1n) is 9.75. The number of ether oxygens (including phenoxy) is 1. The van der Waals surface area contributed by atoms with Crippen LogP contribution < -0.4 is 9.64 Å². The standard InChI is InChI=1S/C23H23NO4/c1-15-7-12-19-20(13-15)23(27)24(22(19)26)17-8-10-18(11-9-17)28-21(25)14-16-5-3-2-4-6-16/h2-6,8-11,15,19-20H,7,12-14H2,1H3/t15-,19-,20+/m1/s1. The Balaban J connectivity index is 1.44. The lowest BCUT2D eigenvalue weighted by molar-refractivity contribution is -0.133. The zero-order valence-corrected chi connectivity index (χ0v) is 15.8. The minimum atomic E-state index is -0.354. The van der Waals surface area contributed by atoms with Crippen molar-refractivity contribution in [2.24, 2.45) is 17.8 Å². The molecule has 5 nitrogen and oxygen atoms in total. The average Bonchev–Trinajstić information content (AvgIpc) is 2.93. The second-order valence-electron chi connectivity index (χ2n) is 7.77. The smallest absolute Gasteiger partial charge is 0.315 e.